The van der Waals surface area contributed by atoms with Gasteiger partial charge < -0.3 is 0 Å². The van der Waals surface area contributed by atoms with Crippen molar-refractivity contribution < 1.29 is 0 Å². The van der Waals surface area contributed by atoms with Crippen LogP contribution in [0.2, 0.25) is 0 Å². The van der Waals surface area contributed by atoms with Crippen LogP contribution in [0.5, 0.6) is 0 Å². The molecule has 0 saturated heterocycles. The van der Waals surface area contributed by atoms with Gasteiger partial charge in [-0.25, -0.2) is 15.0 Å². The van der Waals surface area contributed by atoms with Crippen molar-refractivity contribution in [3.63, 3.8) is 0 Å². The minimum atomic E-state index is -0.301. The number of unbranched alkanes of at least 4 members (excludes halogenated alkanes) is 21. The number of rotatable bonds is 36. The monoisotopic (exact) mass is 1290 g/mol. The number of aromatic nitrogens is 3. The SMILES string of the molecule is CCCCCCCCCCCCc1ccc(-c2nc(-c3ccc(C)cc3)nc(-c3ccc(C)cc3)n2)cc1.CCCCCCc1cc(C)c(CCCCCC)cc1C.CCCCCCc1ccc(C2(c3ccc(CCCCCC)cc3)c3cc(C)ccc3-c3ccc(C)cc32)cc1. The van der Waals surface area contributed by atoms with Crippen LogP contribution in [-0.4, -0.2) is 15.0 Å². The van der Waals surface area contributed by atoms with Gasteiger partial charge in [-0.05, 0) is 178 Å². The van der Waals surface area contributed by atoms with E-state index in [2.05, 4.69) is 246 Å². The highest BCUT2D eigenvalue weighted by molar-refractivity contribution is 5.87. The minimum absolute atomic E-state index is 0.301. The summed E-state index contributed by atoms with van der Waals surface area (Å²) in [5, 5.41) is 0. The van der Waals surface area contributed by atoms with Gasteiger partial charge in [-0.2, -0.15) is 0 Å². The van der Waals surface area contributed by atoms with Crippen LogP contribution < -0.4 is 0 Å². The Morgan fingerprint density at radius 3 is 0.825 bits per heavy atom. The molecule has 1 aliphatic carbocycles. The van der Waals surface area contributed by atoms with Crippen molar-refractivity contribution in [3.8, 4) is 45.3 Å². The van der Waals surface area contributed by atoms with Crippen LogP contribution in [0.3, 0.4) is 0 Å². The van der Waals surface area contributed by atoms with Crippen LogP contribution in [-0.2, 0) is 37.5 Å². The number of fused-ring (bicyclic) bond motifs is 3. The molecule has 0 fully saturated rings. The molecule has 3 nitrogen and oxygen atoms in total. The van der Waals surface area contributed by atoms with Crippen molar-refractivity contribution in [2.24, 2.45) is 0 Å². The standard InChI is InChI=1S/C39H46.C35H43N3.C20H34/c1-5-7-9-11-13-31-17-21-33(22-18-31)39(34-23-19-32(20-24-34)14-12-10-8-6-2)37-27-29(3)15-25-35(37)36-26-16-30(4)28-38(36)39;1-4-5-6-7-8-9-10-11-12-13-14-29-19-25-32(26-20-29)35-37-33(30-21-15-27(2)16-22-30)36-34(38-35)31-23-17-28(3)18-24-31;1-5-7-9-11-13-19-15-18(4)20(16-17(19)3)14-12-10-8-6-2/h15-28H,5-14H2,1-4H3;15-26H,4-14H2,1-3H3;15-16H,5-14H2,1-4H3. The molecule has 10 rings (SSSR count). The Morgan fingerprint density at radius 2 is 0.505 bits per heavy atom. The predicted octanol–water partition coefficient (Wildman–Crippen LogP) is 27.4. The first-order valence-electron chi connectivity index (χ1n) is 38.9. The smallest absolute Gasteiger partial charge is 0.164 e. The summed E-state index contributed by atoms with van der Waals surface area (Å²) in [5.41, 5.74) is 26.7. The number of aryl methyl sites for hydroxylation is 11. The summed E-state index contributed by atoms with van der Waals surface area (Å²) >= 11 is 0. The molecule has 0 unspecified atom stereocenters. The van der Waals surface area contributed by atoms with Crippen LogP contribution >= 0.6 is 0 Å². The summed E-state index contributed by atoms with van der Waals surface area (Å²) in [6, 6.07) is 63.9. The predicted molar refractivity (Wildman–Crippen MR) is 422 cm³/mol. The van der Waals surface area contributed by atoms with E-state index in [4.69, 9.17) is 15.0 Å². The van der Waals surface area contributed by atoms with E-state index >= 15 is 0 Å². The van der Waals surface area contributed by atoms with E-state index in [-0.39, 0.29) is 5.41 Å². The van der Waals surface area contributed by atoms with Crippen LogP contribution in [0, 0.1) is 41.5 Å². The molecule has 0 bridgehead atoms. The fraction of sp³-hybridized carbons (Fsp3) is 0.457. The van der Waals surface area contributed by atoms with Crippen molar-refractivity contribution >= 4 is 0 Å². The number of hydrogen-bond donors (Lipinski definition) is 0. The Kier molecular flexibility index (Phi) is 31.6. The molecule has 1 heterocycles. The highest BCUT2D eigenvalue weighted by Gasteiger charge is 2.46. The van der Waals surface area contributed by atoms with Crippen LogP contribution in [0.1, 0.15) is 285 Å². The molecule has 0 amide bonds. The lowest BCUT2D eigenvalue weighted by atomic mass is 9.67. The van der Waals surface area contributed by atoms with Gasteiger partial charge in [0.2, 0.25) is 0 Å². The van der Waals surface area contributed by atoms with Gasteiger partial charge in [-0.3, -0.25) is 0 Å². The van der Waals surface area contributed by atoms with Crippen LogP contribution in [0.25, 0.3) is 45.3 Å². The fourth-order valence-corrected chi connectivity index (χ4v) is 14.5. The Bertz CT molecular complexity index is 3510. The number of hydrogen-bond acceptors (Lipinski definition) is 3. The Morgan fingerprint density at radius 1 is 0.247 bits per heavy atom. The lowest BCUT2D eigenvalue weighted by Gasteiger charge is -2.34. The lowest BCUT2D eigenvalue weighted by molar-refractivity contribution is 0.556. The van der Waals surface area contributed by atoms with Gasteiger partial charge >= 0.3 is 0 Å². The summed E-state index contributed by atoms with van der Waals surface area (Å²) in [4.78, 5) is 14.6. The van der Waals surface area contributed by atoms with Gasteiger partial charge in [0.1, 0.15) is 0 Å². The lowest BCUT2D eigenvalue weighted by Crippen LogP contribution is -2.29. The fourth-order valence-electron chi connectivity index (χ4n) is 14.5. The van der Waals surface area contributed by atoms with Gasteiger partial charge in [0.05, 0.1) is 5.41 Å². The maximum atomic E-state index is 4.88. The minimum Gasteiger partial charge on any atom is -0.208 e. The van der Waals surface area contributed by atoms with Crippen LogP contribution in [0.15, 0.2) is 170 Å². The molecule has 0 saturated carbocycles. The summed E-state index contributed by atoms with van der Waals surface area (Å²) < 4.78 is 0. The van der Waals surface area contributed by atoms with E-state index in [0.717, 1.165) is 28.9 Å². The molecule has 0 aliphatic heterocycles. The Hall–Kier alpha value is -7.23. The molecule has 9 aromatic rings. The third-order valence-electron chi connectivity index (χ3n) is 20.5. The second kappa shape index (κ2) is 40.6. The molecule has 1 aliphatic rings. The van der Waals surface area contributed by atoms with E-state index in [1.165, 1.54) is 276 Å². The van der Waals surface area contributed by atoms with Crippen molar-refractivity contribution in [1.29, 1.82) is 0 Å². The molecule has 0 N–H and O–H groups in total. The Balaban J connectivity index is 0.000000196. The number of nitrogens with zero attached hydrogens (tertiary/aromatic N) is 3. The van der Waals surface area contributed by atoms with E-state index < -0.39 is 0 Å². The molecule has 0 radical (unpaired) electrons. The first-order valence-corrected chi connectivity index (χ1v) is 38.9. The highest BCUT2D eigenvalue weighted by atomic mass is 15.0. The second-order valence-corrected chi connectivity index (χ2v) is 28.9. The summed E-state index contributed by atoms with van der Waals surface area (Å²) in [5.74, 6) is 2.14. The van der Waals surface area contributed by atoms with Crippen molar-refractivity contribution in [3.05, 3.63) is 253 Å². The van der Waals surface area contributed by atoms with Crippen molar-refractivity contribution in [2.75, 3.05) is 0 Å². The summed E-state index contributed by atoms with van der Waals surface area (Å²) in [6.45, 7) is 24.7. The summed E-state index contributed by atoms with van der Waals surface area (Å²) in [6.07, 6.45) is 41.1. The third kappa shape index (κ3) is 22.4. The first kappa shape index (κ1) is 75.5. The average molecular weight is 1300 g/mol. The third-order valence-corrected chi connectivity index (χ3v) is 20.5. The average Bonchev–Trinajstić information content (AvgIpc) is 1.55. The number of benzene rings is 8. The van der Waals surface area contributed by atoms with Crippen molar-refractivity contribution in [1.82, 2.24) is 15.0 Å². The Labute approximate surface area is 590 Å². The molecule has 8 aromatic carbocycles. The van der Waals surface area contributed by atoms with Crippen LogP contribution in [0.4, 0.5) is 0 Å². The molecule has 514 valence electrons. The summed E-state index contributed by atoms with van der Waals surface area (Å²) in [7, 11) is 0. The van der Waals surface area contributed by atoms with Gasteiger partial charge in [0, 0.05) is 16.7 Å². The maximum absolute atomic E-state index is 4.88. The van der Waals surface area contributed by atoms with Gasteiger partial charge in [-0.15, -0.1) is 0 Å². The highest BCUT2D eigenvalue weighted by Crippen LogP contribution is 2.56. The molecular weight excluding hydrogens is 1170 g/mol. The second-order valence-electron chi connectivity index (χ2n) is 28.9. The maximum Gasteiger partial charge on any atom is 0.164 e. The first-order chi connectivity index (χ1) is 47.4. The van der Waals surface area contributed by atoms with Gasteiger partial charge in [-0.1, -0.05) is 362 Å². The van der Waals surface area contributed by atoms with E-state index in [1.54, 1.807) is 11.1 Å². The quantitative estimate of drug-likeness (QED) is 0.0367. The topological polar surface area (TPSA) is 38.7 Å². The molecule has 97 heavy (non-hydrogen) atoms. The van der Waals surface area contributed by atoms with E-state index in [0.29, 0.717) is 11.6 Å². The molecular formula is C94H123N3. The van der Waals surface area contributed by atoms with E-state index in [1.807, 2.05) is 0 Å². The molecule has 0 atom stereocenters. The zero-order valence-corrected chi connectivity index (χ0v) is 62.4. The molecule has 3 heteroatoms. The zero-order chi connectivity index (χ0) is 68.6. The normalized spacial score (nSPS) is 12.0. The molecule has 1 aromatic heterocycles. The van der Waals surface area contributed by atoms with Crippen molar-refractivity contribution in [2.45, 2.75) is 281 Å². The largest absolute Gasteiger partial charge is 0.208 e. The molecule has 0 spiro atoms. The zero-order valence-electron chi connectivity index (χ0n) is 62.4. The van der Waals surface area contributed by atoms with Gasteiger partial charge in [0.25, 0.3) is 0 Å². The van der Waals surface area contributed by atoms with E-state index in [9.17, 15) is 0 Å². The van der Waals surface area contributed by atoms with Gasteiger partial charge in [0.15, 0.2) is 17.5 Å².